The van der Waals surface area contributed by atoms with Crippen LogP contribution in [0.5, 0.6) is 0 Å². The fraction of sp³-hybridized carbons (Fsp3) is 1.00. The molecule has 102 valence electrons. The van der Waals surface area contributed by atoms with Gasteiger partial charge >= 0.3 is 0 Å². The maximum atomic E-state index is 5.18. The van der Waals surface area contributed by atoms with E-state index in [1.54, 1.807) is 7.11 Å². The lowest BCUT2D eigenvalue weighted by molar-refractivity contribution is 0.121. The Labute approximate surface area is 107 Å². The first kappa shape index (κ1) is 14.9. The van der Waals surface area contributed by atoms with E-state index < -0.39 is 0 Å². The van der Waals surface area contributed by atoms with E-state index in [4.69, 9.17) is 4.74 Å². The molecule has 0 amide bonds. The van der Waals surface area contributed by atoms with Crippen LogP contribution in [0, 0.1) is 0 Å². The second-order valence-electron chi connectivity index (χ2n) is 5.22. The Morgan fingerprint density at radius 2 is 2.06 bits per heavy atom. The molecule has 1 unspecified atom stereocenters. The molecule has 1 fully saturated rings. The van der Waals surface area contributed by atoms with Crippen molar-refractivity contribution in [2.75, 3.05) is 33.4 Å². The van der Waals surface area contributed by atoms with E-state index in [0.717, 1.165) is 19.2 Å². The fourth-order valence-corrected chi connectivity index (χ4v) is 2.05. The van der Waals surface area contributed by atoms with Crippen LogP contribution in [0.15, 0.2) is 0 Å². The summed E-state index contributed by atoms with van der Waals surface area (Å²) in [4.78, 5) is 2.56. The third-order valence-electron chi connectivity index (χ3n) is 3.68. The first-order valence-electron chi connectivity index (χ1n) is 7.24. The zero-order valence-corrected chi connectivity index (χ0v) is 11.9. The molecule has 3 heteroatoms. The lowest BCUT2D eigenvalue weighted by atomic mass is 10.2. The molecule has 0 aliphatic heterocycles. The van der Waals surface area contributed by atoms with E-state index in [1.807, 2.05) is 0 Å². The van der Waals surface area contributed by atoms with Gasteiger partial charge in [0.15, 0.2) is 0 Å². The Morgan fingerprint density at radius 3 is 2.65 bits per heavy atom. The van der Waals surface area contributed by atoms with Crippen LogP contribution >= 0.6 is 0 Å². The molecule has 1 rings (SSSR count). The molecule has 0 aromatic heterocycles. The van der Waals surface area contributed by atoms with Crippen LogP contribution in [0.2, 0.25) is 0 Å². The first-order valence-corrected chi connectivity index (χ1v) is 7.24. The van der Waals surface area contributed by atoms with Gasteiger partial charge in [-0.1, -0.05) is 6.92 Å². The summed E-state index contributed by atoms with van der Waals surface area (Å²) in [6.07, 6.45) is 6.62. The van der Waals surface area contributed by atoms with Gasteiger partial charge in [0.1, 0.15) is 0 Å². The number of hydrogen-bond donors (Lipinski definition) is 1. The van der Waals surface area contributed by atoms with Gasteiger partial charge in [-0.25, -0.2) is 0 Å². The van der Waals surface area contributed by atoms with E-state index in [1.165, 1.54) is 45.2 Å². The molecule has 1 aliphatic carbocycles. The van der Waals surface area contributed by atoms with Gasteiger partial charge in [-0.15, -0.1) is 0 Å². The molecule has 0 aromatic carbocycles. The Bertz CT molecular complexity index is 183. The lowest BCUT2D eigenvalue weighted by Crippen LogP contribution is -2.36. The summed E-state index contributed by atoms with van der Waals surface area (Å²) >= 11 is 0. The van der Waals surface area contributed by atoms with Crippen molar-refractivity contribution >= 4 is 0 Å². The summed E-state index contributed by atoms with van der Waals surface area (Å²) in [5.74, 6) is 0. The van der Waals surface area contributed by atoms with Crippen molar-refractivity contribution in [2.45, 2.75) is 58.0 Å². The summed E-state index contributed by atoms with van der Waals surface area (Å²) in [7, 11) is 1.79. The molecule has 0 aromatic rings. The molecule has 0 bridgehead atoms. The maximum absolute atomic E-state index is 5.18. The second-order valence-corrected chi connectivity index (χ2v) is 5.22. The molecule has 3 nitrogen and oxygen atoms in total. The summed E-state index contributed by atoms with van der Waals surface area (Å²) in [5, 5.41) is 3.57. The highest BCUT2D eigenvalue weighted by molar-refractivity contribution is 4.80. The number of nitrogens with zero attached hydrogens (tertiary/aromatic N) is 1. The molecule has 0 heterocycles. The van der Waals surface area contributed by atoms with Crippen LogP contribution in [-0.2, 0) is 4.74 Å². The number of nitrogens with one attached hydrogen (secondary N) is 1. The Morgan fingerprint density at radius 1 is 1.29 bits per heavy atom. The molecule has 17 heavy (non-hydrogen) atoms. The minimum absolute atomic E-state index is 0.682. The SMILES string of the molecule is CCC(C)N(CCCCNC1CC1)CCOC. The van der Waals surface area contributed by atoms with Crippen molar-refractivity contribution in [1.29, 1.82) is 0 Å². The van der Waals surface area contributed by atoms with Gasteiger partial charge in [-0.05, 0) is 52.1 Å². The highest BCUT2D eigenvalue weighted by atomic mass is 16.5. The fourth-order valence-electron chi connectivity index (χ4n) is 2.05. The topological polar surface area (TPSA) is 24.5 Å². The minimum atomic E-state index is 0.682. The summed E-state index contributed by atoms with van der Waals surface area (Å²) in [6, 6.07) is 1.54. The molecule has 0 saturated heterocycles. The van der Waals surface area contributed by atoms with Crippen LogP contribution in [0.1, 0.15) is 46.0 Å². The number of rotatable bonds is 11. The van der Waals surface area contributed by atoms with Crippen LogP contribution in [-0.4, -0.2) is 50.3 Å². The van der Waals surface area contributed by atoms with E-state index in [9.17, 15) is 0 Å². The third-order valence-corrected chi connectivity index (χ3v) is 3.68. The normalized spacial score (nSPS) is 17.6. The molecule has 0 radical (unpaired) electrons. The van der Waals surface area contributed by atoms with Crippen molar-refractivity contribution in [1.82, 2.24) is 10.2 Å². The summed E-state index contributed by atoms with van der Waals surface area (Å²) in [6.45, 7) is 8.91. The van der Waals surface area contributed by atoms with Crippen molar-refractivity contribution < 1.29 is 4.74 Å². The van der Waals surface area contributed by atoms with Gasteiger partial charge in [0, 0.05) is 25.7 Å². The van der Waals surface area contributed by atoms with E-state index >= 15 is 0 Å². The smallest absolute Gasteiger partial charge is 0.0589 e. The lowest BCUT2D eigenvalue weighted by Gasteiger charge is -2.28. The molecule has 1 saturated carbocycles. The molecular formula is C14H30N2O. The van der Waals surface area contributed by atoms with Crippen molar-refractivity contribution in [3.63, 3.8) is 0 Å². The molecule has 0 spiro atoms. The highest BCUT2D eigenvalue weighted by Crippen LogP contribution is 2.18. The molecule has 1 N–H and O–H groups in total. The van der Waals surface area contributed by atoms with E-state index in [2.05, 4.69) is 24.1 Å². The van der Waals surface area contributed by atoms with Gasteiger partial charge in [0.25, 0.3) is 0 Å². The van der Waals surface area contributed by atoms with Crippen molar-refractivity contribution in [3.8, 4) is 0 Å². The quantitative estimate of drug-likeness (QED) is 0.563. The average Bonchev–Trinajstić information content (AvgIpc) is 3.15. The van der Waals surface area contributed by atoms with Gasteiger partial charge in [-0.3, -0.25) is 4.90 Å². The molecule has 1 atom stereocenters. The summed E-state index contributed by atoms with van der Waals surface area (Å²) in [5.41, 5.74) is 0. The number of unbranched alkanes of at least 4 members (excludes halogenated alkanes) is 1. The van der Waals surface area contributed by atoms with Crippen molar-refractivity contribution in [3.05, 3.63) is 0 Å². The standard InChI is InChI=1S/C14H30N2O/c1-4-13(2)16(11-12-17-3)10-6-5-9-15-14-7-8-14/h13-15H,4-12H2,1-3H3. The predicted octanol–water partition coefficient (Wildman–Crippen LogP) is 2.27. The van der Waals surface area contributed by atoms with Crippen LogP contribution in [0.4, 0.5) is 0 Å². The predicted molar refractivity (Wildman–Crippen MR) is 73.5 cm³/mol. The second kappa shape index (κ2) is 8.90. The highest BCUT2D eigenvalue weighted by Gasteiger charge is 2.19. The van der Waals surface area contributed by atoms with Crippen LogP contribution < -0.4 is 5.32 Å². The Kier molecular flexibility index (Phi) is 7.82. The molecule has 1 aliphatic rings. The summed E-state index contributed by atoms with van der Waals surface area (Å²) < 4.78 is 5.18. The number of methoxy groups -OCH3 is 1. The van der Waals surface area contributed by atoms with Gasteiger partial charge in [0.05, 0.1) is 6.61 Å². The van der Waals surface area contributed by atoms with Gasteiger partial charge < -0.3 is 10.1 Å². The van der Waals surface area contributed by atoms with E-state index in [0.29, 0.717) is 6.04 Å². The number of hydrogen-bond acceptors (Lipinski definition) is 3. The Hall–Kier alpha value is -0.120. The largest absolute Gasteiger partial charge is 0.383 e. The maximum Gasteiger partial charge on any atom is 0.0589 e. The third kappa shape index (κ3) is 7.02. The van der Waals surface area contributed by atoms with Crippen LogP contribution in [0.25, 0.3) is 0 Å². The average molecular weight is 242 g/mol. The zero-order chi connectivity index (χ0) is 12.5. The first-order chi connectivity index (χ1) is 8.27. The zero-order valence-electron chi connectivity index (χ0n) is 11.9. The monoisotopic (exact) mass is 242 g/mol. The van der Waals surface area contributed by atoms with Crippen LogP contribution in [0.3, 0.4) is 0 Å². The van der Waals surface area contributed by atoms with E-state index in [-0.39, 0.29) is 0 Å². The molecular weight excluding hydrogens is 212 g/mol. The van der Waals surface area contributed by atoms with Gasteiger partial charge in [0.2, 0.25) is 0 Å². The Balaban J connectivity index is 2.04. The van der Waals surface area contributed by atoms with Crippen molar-refractivity contribution in [2.24, 2.45) is 0 Å². The van der Waals surface area contributed by atoms with Gasteiger partial charge in [-0.2, -0.15) is 0 Å². The number of ether oxygens (including phenoxy) is 1. The minimum Gasteiger partial charge on any atom is -0.383 e.